The number of likely N-dealkylation sites (tertiary alicyclic amines) is 1. The van der Waals surface area contributed by atoms with Crippen molar-refractivity contribution in [1.82, 2.24) is 14.9 Å². The number of nitrogens with one attached hydrogen (secondary N) is 1. The van der Waals surface area contributed by atoms with E-state index in [-0.39, 0.29) is 11.2 Å². The topological polar surface area (TPSA) is 85.5 Å². The van der Waals surface area contributed by atoms with Crippen LogP contribution in [0.1, 0.15) is 34.1 Å². The number of nitrogens with two attached hydrogens (primary N) is 1. The molecule has 1 aromatic heterocycles. The molecule has 0 aromatic carbocycles. The average Bonchev–Trinajstić information content (AvgIpc) is 3.08. The number of aromatic nitrogens is 2. The van der Waals surface area contributed by atoms with Crippen LogP contribution in [0.5, 0.6) is 0 Å². The molecule has 3 rings (SSSR count). The van der Waals surface area contributed by atoms with Gasteiger partial charge in [-0.2, -0.15) is 0 Å². The molecule has 0 saturated carbocycles. The van der Waals surface area contributed by atoms with E-state index in [9.17, 15) is 0 Å². The highest BCUT2D eigenvalue weighted by atomic mass is 16.7. The summed E-state index contributed by atoms with van der Waals surface area (Å²) in [5.41, 5.74) is 5.76. The Kier molecular flexibility index (Phi) is 5.34. The monoisotopic (exact) mass is 347 g/mol. The van der Waals surface area contributed by atoms with Crippen LogP contribution in [-0.2, 0) is 9.31 Å². The predicted octanol–water partition coefficient (Wildman–Crippen LogP) is 0.468. The summed E-state index contributed by atoms with van der Waals surface area (Å²) in [4.78, 5) is 11.2. The summed E-state index contributed by atoms with van der Waals surface area (Å²) in [6.45, 7) is 13.0. The molecular weight excluding hydrogens is 317 g/mol. The molecule has 0 radical (unpaired) electrons. The van der Waals surface area contributed by atoms with Gasteiger partial charge in [0.25, 0.3) is 0 Å². The highest BCUT2D eigenvalue weighted by Gasteiger charge is 2.51. The van der Waals surface area contributed by atoms with Crippen molar-refractivity contribution in [3.05, 3.63) is 12.4 Å². The molecule has 0 bridgehead atoms. The zero-order valence-corrected chi connectivity index (χ0v) is 15.8. The van der Waals surface area contributed by atoms with E-state index in [1.54, 1.807) is 12.4 Å². The first-order valence-corrected chi connectivity index (χ1v) is 9.14. The fourth-order valence-electron chi connectivity index (χ4n) is 3.23. The van der Waals surface area contributed by atoms with Crippen molar-refractivity contribution in [1.29, 1.82) is 0 Å². The SMILES string of the molecule is CC1(C)OB(c2cnc(NC[C@@H]3CCN(CCN)C3)nc2)OC1(C)C. The Morgan fingerprint density at radius 2 is 1.88 bits per heavy atom. The standard InChI is InChI=1S/C17H30BN5O2/c1-16(2)17(3,4)25-18(24-16)14-10-21-15(22-11-14)20-9-13-5-7-23(12-13)8-6-19/h10-11,13H,5-9,12,19H2,1-4H3,(H,20,21,22)/t13-/m0/s1. The summed E-state index contributed by atoms with van der Waals surface area (Å²) < 4.78 is 12.1. The van der Waals surface area contributed by atoms with Gasteiger partial charge < -0.3 is 25.3 Å². The summed E-state index contributed by atoms with van der Waals surface area (Å²) in [6.07, 6.45) is 4.76. The minimum atomic E-state index is -0.418. The Balaban J connectivity index is 1.52. The van der Waals surface area contributed by atoms with Crippen LogP contribution in [0, 0.1) is 5.92 Å². The van der Waals surface area contributed by atoms with E-state index in [0.717, 1.165) is 38.2 Å². The Hall–Kier alpha value is -1.22. The average molecular weight is 347 g/mol. The second-order valence-corrected chi connectivity index (χ2v) is 8.05. The van der Waals surface area contributed by atoms with Crippen molar-refractivity contribution < 1.29 is 9.31 Å². The third-order valence-electron chi connectivity index (χ3n) is 5.56. The molecule has 1 atom stereocenters. The largest absolute Gasteiger partial charge is 0.498 e. The lowest BCUT2D eigenvalue weighted by Crippen LogP contribution is -2.41. The van der Waals surface area contributed by atoms with Crippen LogP contribution in [0.25, 0.3) is 0 Å². The molecule has 2 saturated heterocycles. The van der Waals surface area contributed by atoms with Crippen LogP contribution in [0.3, 0.4) is 0 Å². The Bertz CT molecular complexity index is 565. The Labute approximate surface area is 150 Å². The molecule has 0 spiro atoms. The van der Waals surface area contributed by atoms with Crippen molar-refractivity contribution in [2.45, 2.75) is 45.3 Å². The van der Waals surface area contributed by atoms with Crippen molar-refractivity contribution in [3.63, 3.8) is 0 Å². The molecular formula is C17H30BN5O2. The van der Waals surface area contributed by atoms with Crippen molar-refractivity contribution in [3.8, 4) is 0 Å². The maximum Gasteiger partial charge on any atom is 0.498 e. The highest BCUT2D eigenvalue weighted by Crippen LogP contribution is 2.36. The van der Waals surface area contributed by atoms with Gasteiger partial charge in [-0.1, -0.05) is 0 Å². The number of nitrogens with zero attached hydrogens (tertiary/aromatic N) is 3. The molecule has 7 nitrogen and oxygen atoms in total. The number of hydrogen-bond acceptors (Lipinski definition) is 7. The lowest BCUT2D eigenvalue weighted by molar-refractivity contribution is 0.00578. The third kappa shape index (κ3) is 4.14. The van der Waals surface area contributed by atoms with Crippen molar-refractivity contribution in [2.24, 2.45) is 11.7 Å². The first kappa shape index (κ1) is 18.6. The molecule has 0 aliphatic carbocycles. The van der Waals surface area contributed by atoms with Crippen molar-refractivity contribution >= 4 is 18.5 Å². The fourth-order valence-corrected chi connectivity index (χ4v) is 3.23. The van der Waals surface area contributed by atoms with E-state index >= 15 is 0 Å². The molecule has 2 fully saturated rings. The maximum absolute atomic E-state index is 6.03. The quantitative estimate of drug-likeness (QED) is 0.724. The van der Waals surface area contributed by atoms with E-state index < -0.39 is 7.12 Å². The molecule has 138 valence electrons. The van der Waals surface area contributed by atoms with Gasteiger partial charge in [0.2, 0.25) is 5.95 Å². The molecule has 1 aromatic rings. The molecule has 8 heteroatoms. The first-order valence-electron chi connectivity index (χ1n) is 9.14. The molecule has 3 N–H and O–H groups in total. The van der Waals surface area contributed by atoms with Gasteiger partial charge in [-0.3, -0.25) is 0 Å². The number of anilines is 1. The summed E-state index contributed by atoms with van der Waals surface area (Å²) in [5.74, 6) is 1.27. The van der Waals surface area contributed by atoms with E-state index in [2.05, 4.69) is 20.2 Å². The van der Waals surface area contributed by atoms with Crippen LogP contribution in [-0.4, -0.2) is 65.9 Å². The molecule has 2 aliphatic rings. The van der Waals surface area contributed by atoms with E-state index in [0.29, 0.717) is 11.9 Å². The Morgan fingerprint density at radius 3 is 2.48 bits per heavy atom. The molecule has 3 heterocycles. The van der Waals surface area contributed by atoms with Crippen LogP contribution in [0.4, 0.5) is 5.95 Å². The smallest absolute Gasteiger partial charge is 0.399 e. The predicted molar refractivity (Wildman–Crippen MR) is 99.8 cm³/mol. The first-order chi connectivity index (χ1) is 11.8. The normalized spacial score (nSPS) is 25.5. The molecule has 0 amide bonds. The highest BCUT2D eigenvalue weighted by molar-refractivity contribution is 6.61. The third-order valence-corrected chi connectivity index (χ3v) is 5.56. The van der Waals surface area contributed by atoms with E-state index in [1.165, 1.54) is 6.42 Å². The van der Waals surface area contributed by atoms with Crippen LogP contribution >= 0.6 is 0 Å². The molecule has 2 aliphatic heterocycles. The molecule has 0 unspecified atom stereocenters. The van der Waals surface area contributed by atoms with Gasteiger partial charge in [0.05, 0.1) is 11.2 Å². The second kappa shape index (κ2) is 7.19. The lowest BCUT2D eigenvalue weighted by Gasteiger charge is -2.32. The van der Waals surface area contributed by atoms with Gasteiger partial charge >= 0.3 is 7.12 Å². The van der Waals surface area contributed by atoms with E-state index in [4.69, 9.17) is 15.0 Å². The second-order valence-electron chi connectivity index (χ2n) is 8.05. The minimum Gasteiger partial charge on any atom is -0.399 e. The summed E-state index contributed by atoms with van der Waals surface area (Å²) >= 11 is 0. The van der Waals surface area contributed by atoms with Gasteiger partial charge in [-0.15, -0.1) is 0 Å². The minimum absolute atomic E-state index is 0.355. The number of rotatable bonds is 6. The summed E-state index contributed by atoms with van der Waals surface area (Å²) in [5, 5.41) is 3.34. The summed E-state index contributed by atoms with van der Waals surface area (Å²) in [6, 6.07) is 0. The van der Waals surface area contributed by atoms with Gasteiger partial charge in [-0.05, 0) is 46.6 Å². The zero-order valence-electron chi connectivity index (χ0n) is 15.8. The van der Waals surface area contributed by atoms with E-state index in [1.807, 2.05) is 27.7 Å². The van der Waals surface area contributed by atoms with Crippen LogP contribution < -0.4 is 16.5 Å². The maximum atomic E-state index is 6.03. The zero-order chi connectivity index (χ0) is 18.1. The van der Waals surface area contributed by atoms with Gasteiger partial charge in [0, 0.05) is 44.0 Å². The van der Waals surface area contributed by atoms with Crippen molar-refractivity contribution in [2.75, 3.05) is 38.0 Å². The Morgan fingerprint density at radius 1 is 1.24 bits per heavy atom. The number of hydrogen-bond donors (Lipinski definition) is 2. The van der Waals surface area contributed by atoms with Gasteiger partial charge in [0.1, 0.15) is 0 Å². The summed E-state index contributed by atoms with van der Waals surface area (Å²) in [7, 11) is -0.418. The van der Waals surface area contributed by atoms with Gasteiger partial charge in [-0.25, -0.2) is 9.97 Å². The lowest BCUT2D eigenvalue weighted by atomic mass is 9.81. The fraction of sp³-hybridized carbons (Fsp3) is 0.765. The van der Waals surface area contributed by atoms with Gasteiger partial charge in [0.15, 0.2) is 0 Å². The van der Waals surface area contributed by atoms with Crippen LogP contribution in [0.15, 0.2) is 12.4 Å². The molecule has 25 heavy (non-hydrogen) atoms. The van der Waals surface area contributed by atoms with Crippen LogP contribution in [0.2, 0.25) is 0 Å².